The fourth-order valence-corrected chi connectivity index (χ4v) is 3.31. The topological polar surface area (TPSA) is 62.5 Å². The number of rotatable bonds is 5. The van der Waals surface area contributed by atoms with E-state index in [4.69, 9.17) is 4.52 Å². The molecule has 0 unspecified atom stereocenters. The zero-order valence-corrected chi connectivity index (χ0v) is 13.5. The summed E-state index contributed by atoms with van der Waals surface area (Å²) in [6, 6.07) is 2.09. The summed E-state index contributed by atoms with van der Waals surface area (Å²) in [5.41, 5.74) is 1.25. The Balaban J connectivity index is 1.42. The first kappa shape index (κ1) is 15.2. The molecule has 0 bridgehead atoms. The van der Waals surface area contributed by atoms with E-state index in [1.165, 1.54) is 5.56 Å². The van der Waals surface area contributed by atoms with Gasteiger partial charge in [0.05, 0.1) is 6.54 Å². The average Bonchev–Trinajstić information content (AvgIpc) is 3.17. The van der Waals surface area contributed by atoms with Gasteiger partial charge in [-0.15, -0.1) is 0 Å². The van der Waals surface area contributed by atoms with Crippen LogP contribution in [0.5, 0.6) is 0 Å². The Kier molecular flexibility index (Phi) is 4.84. The van der Waals surface area contributed by atoms with Crippen LogP contribution in [0.15, 0.2) is 21.3 Å². The molecule has 3 rings (SSSR count). The normalized spacial score (nSPS) is 16.1. The van der Waals surface area contributed by atoms with Gasteiger partial charge >= 0.3 is 0 Å². The Morgan fingerprint density at radius 2 is 2.18 bits per heavy atom. The van der Waals surface area contributed by atoms with Crippen molar-refractivity contribution in [3.05, 3.63) is 34.1 Å². The molecule has 0 aromatic carbocycles. The SMILES string of the molecule is Cc1nc(CN2CCN(C(=O)CCc3ccsc3)CC2)no1. The number of thiophene rings is 1. The molecule has 0 radical (unpaired) electrons. The third-order valence-corrected chi connectivity index (χ3v) is 4.60. The van der Waals surface area contributed by atoms with Gasteiger partial charge in [-0.05, 0) is 28.8 Å². The second-order valence-electron chi connectivity index (χ2n) is 5.52. The fraction of sp³-hybridized carbons (Fsp3) is 0.533. The molecular formula is C15H20N4O2S. The highest BCUT2D eigenvalue weighted by Crippen LogP contribution is 2.11. The molecule has 1 aliphatic heterocycles. The molecule has 0 saturated carbocycles. The van der Waals surface area contributed by atoms with Gasteiger partial charge in [-0.1, -0.05) is 5.16 Å². The van der Waals surface area contributed by atoms with Crippen molar-refractivity contribution < 1.29 is 9.32 Å². The predicted molar refractivity (Wildman–Crippen MR) is 83.5 cm³/mol. The summed E-state index contributed by atoms with van der Waals surface area (Å²) in [6.07, 6.45) is 1.44. The second-order valence-corrected chi connectivity index (χ2v) is 6.30. The van der Waals surface area contributed by atoms with Crippen molar-refractivity contribution in [1.82, 2.24) is 19.9 Å². The number of carbonyl (C=O) groups excluding carboxylic acids is 1. The summed E-state index contributed by atoms with van der Waals surface area (Å²) < 4.78 is 4.98. The molecule has 2 aromatic rings. The van der Waals surface area contributed by atoms with E-state index < -0.39 is 0 Å². The highest BCUT2D eigenvalue weighted by atomic mass is 32.1. The lowest BCUT2D eigenvalue weighted by atomic mass is 10.1. The number of piperazine rings is 1. The molecule has 0 atom stereocenters. The van der Waals surface area contributed by atoms with Gasteiger partial charge in [0.15, 0.2) is 5.82 Å². The van der Waals surface area contributed by atoms with Gasteiger partial charge in [0.2, 0.25) is 11.8 Å². The first-order chi connectivity index (χ1) is 10.7. The molecular weight excluding hydrogens is 300 g/mol. The predicted octanol–water partition coefficient (Wildman–Crippen LogP) is 1.72. The van der Waals surface area contributed by atoms with Crippen LogP contribution in [0.4, 0.5) is 0 Å². The fourth-order valence-electron chi connectivity index (χ4n) is 2.61. The molecule has 1 aliphatic rings. The van der Waals surface area contributed by atoms with Crippen molar-refractivity contribution in [1.29, 1.82) is 0 Å². The maximum absolute atomic E-state index is 12.2. The smallest absolute Gasteiger partial charge is 0.223 e. The summed E-state index contributed by atoms with van der Waals surface area (Å²) in [5, 5.41) is 8.08. The minimum Gasteiger partial charge on any atom is -0.340 e. The molecule has 7 heteroatoms. The maximum atomic E-state index is 12.2. The molecule has 22 heavy (non-hydrogen) atoms. The van der Waals surface area contributed by atoms with Crippen LogP contribution in [0.25, 0.3) is 0 Å². The van der Waals surface area contributed by atoms with Crippen molar-refractivity contribution in [2.24, 2.45) is 0 Å². The number of aromatic nitrogens is 2. The van der Waals surface area contributed by atoms with E-state index in [0.29, 0.717) is 18.9 Å². The van der Waals surface area contributed by atoms with E-state index in [1.54, 1.807) is 18.3 Å². The van der Waals surface area contributed by atoms with Crippen LogP contribution in [0.3, 0.4) is 0 Å². The summed E-state index contributed by atoms with van der Waals surface area (Å²) in [5.74, 6) is 1.56. The van der Waals surface area contributed by atoms with Crippen LogP contribution in [-0.4, -0.2) is 52.0 Å². The number of hydrogen-bond donors (Lipinski definition) is 0. The van der Waals surface area contributed by atoms with Gasteiger partial charge in [0.1, 0.15) is 0 Å². The summed E-state index contributed by atoms with van der Waals surface area (Å²) in [6.45, 7) is 5.75. The van der Waals surface area contributed by atoms with Gasteiger partial charge in [0, 0.05) is 39.5 Å². The van der Waals surface area contributed by atoms with Crippen molar-refractivity contribution in [2.75, 3.05) is 26.2 Å². The molecule has 2 aromatic heterocycles. The van der Waals surface area contributed by atoms with Crippen LogP contribution in [0, 0.1) is 6.92 Å². The van der Waals surface area contributed by atoms with Crippen molar-refractivity contribution in [3.63, 3.8) is 0 Å². The lowest BCUT2D eigenvalue weighted by Gasteiger charge is -2.34. The first-order valence-electron chi connectivity index (χ1n) is 7.51. The van der Waals surface area contributed by atoms with Gasteiger partial charge < -0.3 is 9.42 Å². The van der Waals surface area contributed by atoms with Crippen LogP contribution in [0.1, 0.15) is 23.7 Å². The number of nitrogens with zero attached hydrogens (tertiary/aromatic N) is 4. The Hall–Kier alpha value is -1.73. The zero-order chi connectivity index (χ0) is 15.4. The number of hydrogen-bond acceptors (Lipinski definition) is 6. The highest BCUT2D eigenvalue weighted by molar-refractivity contribution is 7.07. The second kappa shape index (κ2) is 7.02. The zero-order valence-electron chi connectivity index (χ0n) is 12.7. The minimum atomic E-state index is 0.251. The summed E-state index contributed by atoms with van der Waals surface area (Å²) in [7, 11) is 0. The van der Waals surface area contributed by atoms with Gasteiger partial charge in [-0.25, -0.2) is 0 Å². The maximum Gasteiger partial charge on any atom is 0.223 e. The Labute approximate surface area is 133 Å². The van der Waals surface area contributed by atoms with Crippen molar-refractivity contribution in [3.8, 4) is 0 Å². The molecule has 1 fully saturated rings. The third kappa shape index (κ3) is 3.92. The number of amides is 1. The van der Waals surface area contributed by atoms with E-state index in [0.717, 1.165) is 38.4 Å². The Morgan fingerprint density at radius 3 is 2.82 bits per heavy atom. The monoisotopic (exact) mass is 320 g/mol. The molecule has 1 amide bonds. The van der Waals surface area contributed by atoms with E-state index in [1.807, 2.05) is 4.90 Å². The van der Waals surface area contributed by atoms with E-state index in [2.05, 4.69) is 31.9 Å². The quantitative estimate of drug-likeness (QED) is 0.839. The molecule has 6 nitrogen and oxygen atoms in total. The average molecular weight is 320 g/mol. The van der Waals surface area contributed by atoms with Crippen molar-refractivity contribution in [2.45, 2.75) is 26.3 Å². The van der Waals surface area contributed by atoms with Gasteiger partial charge in [0.25, 0.3) is 0 Å². The number of carbonyl (C=O) groups is 1. The van der Waals surface area contributed by atoms with E-state index in [9.17, 15) is 4.79 Å². The van der Waals surface area contributed by atoms with E-state index >= 15 is 0 Å². The van der Waals surface area contributed by atoms with Gasteiger partial charge in [-0.3, -0.25) is 9.69 Å². The highest BCUT2D eigenvalue weighted by Gasteiger charge is 2.21. The van der Waals surface area contributed by atoms with Crippen LogP contribution < -0.4 is 0 Å². The summed E-state index contributed by atoms with van der Waals surface area (Å²) in [4.78, 5) is 20.7. The summed E-state index contributed by atoms with van der Waals surface area (Å²) >= 11 is 1.68. The minimum absolute atomic E-state index is 0.251. The van der Waals surface area contributed by atoms with Crippen LogP contribution in [-0.2, 0) is 17.8 Å². The third-order valence-electron chi connectivity index (χ3n) is 3.87. The molecule has 0 aliphatic carbocycles. The molecule has 3 heterocycles. The Morgan fingerprint density at radius 1 is 1.36 bits per heavy atom. The van der Waals surface area contributed by atoms with Crippen molar-refractivity contribution >= 4 is 17.2 Å². The Bertz CT molecular complexity index is 603. The van der Waals surface area contributed by atoms with Gasteiger partial charge in [-0.2, -0.15) is 16.3 Å². The molecule has 0 spiro atoms. The van der Waals surface area contributed by atoms with E-state index in [-0.39, 0.29) is 5.91 Å². The largest absolute Gasteiger partial charge is 0.340 e. The first-order valence-corrected chi connectivity index (χ1v) is 8.45. The molecule has 0 N–H and O–H groups in total. The number of aryl methyl sites for hydroxylation is 2. The van der Waals surface area contributed by atoms with Crippen LogP contribution >= 0.6 is 11.3 Å². The van der Waals surface area contributed by atoms with Crippen LogP contribution in [0.2, 0.25) is 0 Å². The standard InChI is InChI=1S/C15H20N4O2S/c1-12-16-14(17-21-12)10-18-5-7-19(8-6-18)15(20)3-2-13-4-9-22-11-13/h4,9,11H,2-3,5-8,10H2,1H3. The molecule has 118 valence electrons. The lowest BCUT2D eigenvalue weighted by Crippen LogP contribution is -2.48. The molecule has 1 saturated heterocycles. The lowest BCUT2D eigenvalue weighted by molar-refractivity contribution is -0.133.